The number of nitrogens with zero attached hydrogens (tertiary/aromatic N) is 3. The number of nitrogens with one attached hydrogen (secondary N) is 2. The number of aromatic nitrogens is 2. The Morgan fingerprint density at radius 2 is 1.97 bits per heavy atom. The number of carbonyl (C=O) groups excluding carboxylic acids is 3. The van der Waals surface area contributed by atoms with Crippen molar-refractivity contribution in [3.63, 3.8) is 0 Å². The van der Waals surface area contributed by atoms with E-state index in [1.807, 2.05) is 36.7 Å². The van der Waals surface area contributed by atoms with Gasteiger partial charge in [-0.1, -0.05) is 51.1 Å². The van der Waals surface area contributed by atoms with E-state index in [9.17, 15) is 14.4 Å². The van der Waals surface area contributed by atoms with E-state index < -0.39 is 23.4 Å². The molecule has 2 N–H and O–H groups in total. The molecule has 0 bridgehead atoms. The molecule has 8 nitrogen and oxygen atoms in total. The number of urea groups is 1. The summed E-state index contributed by atoms with van der Waals surface area (Å²) in [4.78, 5) is 40.1. The van der Waals surface area contributed by atoms with Gasteiger partial charge in [0.05, 0.1) is 10.6 Å². The van der Waals surface area contributed by atoms with Crippen molar-refractivity contribution in [1.82, 2.24) is 25.5 Å². The average molecular weight is 440 g/mol. The second-order valence-electron chi connectivity index (χ2n) is 8.13. The van der Waals surface area contributed by atoms with Crippen molar-refractivity contribution in [2.45, 2.75) is 46.2 Å². The van der Waals surface area contributed by atoms with Gasteiger partial charge in [0.2, 0.25) is 0 Å². The first kappa shape index (κ1) is 21.0. The van der Waals surface area contributed by atoms with Crippen molar-refractivity contribution < 1.29 is 14.4 Å². The van der Waals surface area contributed by atoms with Gasteiger partial charge < -0.3 is 5.32 Å². The molecule has 3 aromatic rings. The zero-order valence-electron chi connectivity index (χ0n) is 17.9. The van der Waals surface area contributed by atoms with Crippen molar-refractivity contribution in [3.05, 3.63) is 52.5 Å². The Kier molecular flexibility index (Phi) is 5.30. The molecule has 31 heavy (non-hydrogen) atoms. The number of hydrazine groups is 1. The Bertz CT molecular complexity index is 1170. The SMILES string of the molecule is CC[C@]1(c2ccccc2)NC(=O)N(NC(=O)c2cc3c(C)nn(CC(C)C)c3s2)C1=O. The van der Waals surface area contributed by atoms with E-state index in [-0.39, 0.29) is 0 Å². The third kappa shape index (κ3) is 3.48. The highest BCUT2D eigenvalue weighted by Crippen LogP contribution is 2.32. The molecule has 2 aromatic heterocycles. The van der Waals surface area contributed by atoms with Crippen LogP contribution in [0.5, 0.6) is 0 Å². The molecule has 1 saturated heterocycles. The van der Waals surface area contributed by atoms with Gasteiger partial charge in [0.15, 0.2) is 0 Å². The molecule has 1 aliphatic heterocycles. The molecule has 1 aromatic carbocycles. The minimum Gasteiger partial charge on any atom is -0.318 e. The normalized spacial score (nSPS) is 18.8. The highest BCUT2D eigenvalue weighted by atomic mass is 32.1. The van der Waals surface area contributed by atoms with Crippen molar-refractivity contribution in [2.24, 2.45) is 5.92 Å². The molecule has 162 valence electrons. The van der Waals surface area contributed by atoms with Crippen LogP contribution in [0.3, 0.4) is 0 Å². The van der Waals surface area contributed by atoms with E-state index in [4.69, 9.17) is 0 Å². The average Bonchev–Trinajstić information content (AvgIpc) is 3.37. The van der Waals surface area contributed by atoms with Gasteiger partial charge in [-0.2, -0.15) is 10.1 Å². The second-order valence-corrected chi connectivity index (χ2v) is 9.16. The smallest absolute Gasteiger partial charge is 0.318 e. The van der Waals surface area contributed by atoms with E-state index >= 15 is 0 Å². The summed E-state index contributed by atoms with van der Waals surface area (Å²) in [5.41, 5.74) is 2.83. The van der Waals surface area contributed by atoms with Gasteiger partial charge in [-0.15, -0.1) is 11.3 Å². The lowest BCUT2D eigenvalue weighted by Crippen LogP contribution is -2.48. The van der Waals surface area contributed by atoms with Gasteiger partial charge in [-0.25, -0.2) is 4.79 Å². The van der Waals surface area contributed by atoms with Crippen LogP contribution in [-0.2, 0) is 16.9 Å². The highest BCUT2D eigenvalue weighted by Gasteiger charge is 2.52. The maximum atomic E-state index is 13.2. The summed E-state index contributed by atoms with van der Waals surface area (Å²) in [5.74, 6) is -0.587. The number of imide groups is 1. The fourth-order valence-corrected chi connectivity index (χ4v) is 4.95. The number of hydrogen-bond acceptors (Lipinski definition) is 5. The van der Waals surface area contributed by atoms with Crippen LogP contribution in [0.2, 0.25) is 0 Å². The predicted molar refractivity (Wildman–Crippen MR) is 118 cm³/mol. The summed E-state index contributed by atoms with van der Waals surface area (Å²) in [6.07, 6.45) is 0.362. The van der Waals surface area contributed by atoms with Crippen LogP contribution < -0.4 is 10.7 Å². The summed E-state index contributed by atoms with van der Waals surface area (Å²) in [7, 11) is 0. The summed E-state index contributed by atoms with van der Waals surface area (Å²) in [5, 5.41) is 9.00. The molecule has 1 atom stereocenters. The van der Waals surface area contributed by atoms with Gasteiger partial charge in [0.25, 0.3) is 11.8 Å². The molecule has 0 radical (unpaired) electrons. The number of hydrogen-bond donors (Lipinski definition) is 2. The summed E-state index contributed by atoms with van der Waals surface area (Å²) in [6.45, 7) is 8.68. The van der Waals surface area contributed by atoms with E-state index in [0.29, 0.717) is 22.8 Å². The monoisotopic (exact) mass is 439 g/mol. The van der Waals surface area contributed by atoms with Crippen molar-refractivity contribution in [2.75, 3.05) is 0 Å². The minimum atomic E-state index is -1.19. The van der Waals surface area contributed by atoms with E-state index in [1.165, 1.54) is 11.3 Å². The number of amides is 4. The lowest BCUT2D eigenvalue weighted by molar-refractivity contribution is -0.133. The number of fused-ring (bicyclic) bond motifs is 1. The van der Waals surface area contributed by atoms with E-state index in [2.05, 4.69) is 29.7 Å². The lowest BCUT2D eigenvalue weighted by Gasteiger charge is -2.25. The van der Waals surface area contributed by atoms with Gasteiger partial charge in [0, 0.05) is 11.9 Å². The van der Waals surface area contributed by atoms with Crippen LogP contribution in [0.25, 0.3) is 10.2 Å². The zero-order valence-corrected chi connectivity index (χ0v) is 18.7. The van der Waals surface area contributed by atoms with E-state index in [1.54, 1.807) is 18.2 Å². The first-order valence-electron chi connectivity index (χ1n) is 10.3. The third-order valence-electron chi connectivity index (χ3n) is 5.47. The predicted octanol–water partition coefficient (Wildman–Crippen LogP) is 3.56. The molecule has 0 saturated carbocycles. The Hall–Kier alpha value is -3.20. The second kappa shape index (κ2) is 7.81. The molecule has 4 rings (SSSR count). The molecule has 3 heterocycles. The number of carbonyl (C=O) groups is 3. The van der Waals surface area contributed by atoms with Gasteiger partial charge in [0.1, 0.15) is 10.4 Å². The number of rotatable bonds is 6. The molecule has 1 fully saturated rings. The molecule has 0 unspecified atom stereocenters. The highest BCUT2D eigenvalue weighted by molar-refractivity contribution is 7.20. The Morgan fingerprint density at radius 1 is 1.26 bits per heavy atom. The van der Waals surface area contributed by atoms with Crippen molar-refractivity contribution >= 4 is 39.4 Å². The largest absolute Gasteiger partial charge is 0.344 e. The summed E-state index contributed by atoms with van der Waals surface area (Å²) in [6, 6.07) is 10.2. The standard InChI is InChI=1S/C22H25N5O3S/c1-5-22(15-9-7-6-8-10-15)20(29)27(21(30)23-22)25-18(28)17-11-16-14(4)24-26(12-13(2)3)19(16)31-17/h6-11,13H,5,12H2,1-4H3,(H,23,30)(H,25,28)/t22-/m1/s1. The molecule has 4 amide bonds. The van der Waals surface area contributed by atoms with E-state index in [0.717, 1.165) is 27.5 Å². The third-order valence-corrected chi connectivity index (χ3v) is 6.62. The zero-order chi connectivity index (χ0) is 22.3. The Morgan fingerprint density at radius 3 is 2.61 bits per heavy atom. The summed E-state index contributed by atoms with van der Waals surface area (Å²) < 4.78 is 1.90. The van der Waals surface area contributed by atoms with Crippen LogP contribution >= 0.6 is 11.3 Å². The van der Waals surface area contributed by atoms with Crippen LogP contribution in [0.1, 0.15) is 48.1 Å². The van der Waals surface area contributed by atoms with Crippen LogP contribution in [0.15, 0.2) is 36.4 Å². The number of benzene rings is 1. The van der Waals surface area contributed by atoms with Crippen LogP contribution in [-0.4, -0.2) is 32.6 Å². The van der Waals surface area contributed by atoms with Gasteiger partial charge in [-0.05, 0) is 30.9 Å². The van der Waals surface area contributed by atoms with Crippen LogP contribution in [0, 0.1) is 12.8 Å². The number of thiophene rings is 1. The Balaban J connectivity index is 1.60. The quantitative estimate of drug-likeness (QED) is 0.574. The fourth-order valence-electron chi connectivity index (χ4n) is 3.89. The number of aryl methyl sites for hydroxylation is 1. The lowest BCUT2D eigenvalue weighted by atomic mass is 9.87. The first-order valence-corrected chi connectivity index (χ1v) is 11.1. The maximum Gasteiger partial charge on any atom is 0.344 e. The molecular weight excluding hydrogens is 414 g/mol. The van der Waals surface area contributed by atoms with Crippen LogP contribution in [0.4, 0.5) is 4.79 Å². The molecule has 0 aliphatic carbocycles. The molecule has 1 aliphatic rings. The van der Waals surface area contributed by atoms with Gasteiger partial charge >= 0.3 is 6.03 Å². The molecule has 0 spiro atoms. The molecular formula is C22H25N5O3S. The summed E-state index contributed by atoms with van der Waals surface area (Å²) >= 11 is 1.30. The topological polar surface area (TPSA) is 96.3 Å². The molecule has 9 heteroatoms. The first-order chi connectivity index (χ1) is 14.8. The Labute approximate surface area is 184 Å². The van der Waals surface area contributed by atoms with Gasteiger partial charge in [-0.3, -0.25) is 19.7 Å². The van der Waals surface area contributed by atoms with Crippen molar-refractivity contribution in [1.29, 1.82) is 0 Å². The minimum absolute atomic E-state index is 0.362. The maximum absolute atomic E-state index is 13.2. The van der Waals surface area contributed by atoms with Crippen molar-refractivity contribution in [3.8, 4) is 0 Å². The fraction of sp³-hybridized carbons (Fsp3) is 0.364.